The van der Waals surface area contributed by atoms with Gasteiger partial charge in [0.1, 0.15) is 6.04 Å². The van der Waals surface area contributed by atoms with Crippen LogP contribution < -0.4 is 11.1 Å². The molecule has 0 aromatic heterocycles. The Hall–Kier alpha value is -2.12. The van der Waals surface area contributed by atoms with Gasteiger partial charge in [0, 0.05) is 50.5 Å². The summed E-state index contributed by atoms with van der Waals surface area (Å²) in [6.45, 7) is 10.2. The molecule has 1 aliphatic heterocycles. The topological polar surface area (TPSA) is 95.7 Å². The summed E-state index contributed by atoms with van der Waals surface area (Å²) in [4.78, 5) is 42.4. The van der Waals surface area contributed by atoms with Crippen molar-refractivity contribution in [3.8, 4) is 0 Å². The number of benzene rings is 1. The first kappa shape index (κ1) is 27.1. The summed E-state index contributed by atoms with van der Waals surface area (Å²) in [5.41, 5.74) is 6.43. The Morgan fingerprint density at radius 2 is 1.82 bits per heavy atom. The molecule has 1 heterocycles. The lowest BCUT2D eigenvalue weighted by molar-refractivity contribution is -0.137. The van der Waals surface area contributed by atoms with Gasteiger partial charge in [-0.1, -0.05) is 51.4 Å². The fourth-order valence-electron chi connectivity index (χ4n) is 4.19. The van der Waals surface area contributed by atoms with Gasteiger partial charge in [-0.15, -0.1) is 0 Å². The van der Waals surface area contributed by atoms with Gasteiger partial charge in [0.2, 0.25) is 17.7 Å². The second-order valence-corrected chi connectivity index (χ2v) is 10.2. The zero-order valence-corrected chi connectivity index (χ0v) is 21.1. The summed E-state index contributed by atoms with van der Waals surface area (Å²) in [7, 11) is 0. The number of nitrogens with zero attached hydrogens (tertiary/aromatic N) is 2. The molecule has 2 atom stereocenters. The highest BCUT2D eigenvalue weighted by Gasteiger charge is 2.36. The van der Waals surface area contributed by atoms with Gasteiger partial charge >= 0.3 is 0 Å². The number of nitrogens with two attached hydrogens (primary N) is 1. The first-order valence-electron chi connectivity index (χ1n) is 11.9. The lowest BCUT2D eigenvalue weighted by Gasteiger charge is -2.32. The number of halogens is 1. The van der Waals surface area contributed by atoms with E-state index in [1.54, 1.807) is 17.0 Å². The fraction of sp³-hybridized carbons (Fsp3) is 0.640. The smallest absolute Gasteiger partial charge is 0.245 e. The molecule has 1 saturated heterocycles. The molecule has 7 nitrogen and oxygen atoms in total. The zero-order chi connectivity index (χ0) is 24.5. The van der Waals surface area contributed by atoms with Crippen LogP contribution in [0.2, 0.25) is 5.02 Å². The first-order valence-corrected chi connectivity index (χ1v) is 12.3. The minimum Gasteiger partial charge on any atom is -0.344 e. The van der Waals surface area contributed by atoms with Crippen molar-refractivity contribution in [2.24, 2.45) is 17.6 Å². The van der Waals surface area contributed by atoms with E-state index >= 15 is 0 Å². The quantitative estimate of drug-likeness (QED) is 0.511. The van der Waals surface area contributed by atoms with E-state index in [0.717, 1.165) is 12.0 Å². The number of nitrogens with one attached hydrogen (secondary N) is 1. The van der Waals surface area contributed by atoms with E-state index in [0.29, 0.717) is 43.4 Å². The molecule has 0 saturated carbocycles. The van der Waals surface area contributed by atoms with E-state index in [9.17, 15) is 14.4 Å². The molecule has 1 aromatic carbocycles. The number of rotatable bonds is 11. The molecule has 3 N–H and O–H groups in total. The molecular formula is C25H39ClN4O3. The molecule has 33 heavy (non-hydrogen) atoms. The van der Waals surface area contributed by atoms with E-state index in [-0.39, 0.29) is 42.6 Å². The Morgan fingerprint density at radius 3 is 2.39 bits per heavy atom. The van der Waals surface area contributed by atoms with Crippen LogP contribution in [-0.2, 0) is 20.8 Å². The molecule has 3 amide bonds. The Bertz CT molecular complexity index is 797. The summed E-state index contributed by atoms with van der Waals surface area (Å²) >= 11 is 5.99. The summed E-state index contributed by atoms with van der Waals surface area (Å²) < 4.78 is 0. The van der Waals surface area contributed by atoms with Crippen molar-refractivity contribution in [2.45, 2.75) is 65.5 Å². The number of likely N-dealkylation sites (tertiary alicyclic amines) is 1. The van der Waals surface area contributed by atoms with Crippen molar-refractivity contribution >= 4 is 29.3 Å². The molecule has 1 aliphatic rings. The third kappa shape index (κ3) is 8.63. The Balaban J connectivity index is 2.13. The normalized spacial score (nSPS) is 16.8. The number of hydrogen-bond acceptors (Lipinski definition) is 4. The Labute approximate surface area is 203 Å². The molecule has 2 unspecified atom stereocenters. The van der Waals surface area contributed by atoms with Crippen molar-refractivity contribution in [3.63, 3.8) is 0 Å². The van der Waals surface area contributed by atoms with Gasteiger partial charge in [0.05, 0.1) is 6.04 Å². The second kappa shape index (κ2) is 12.9. The molecular weight excluding hydrogens is 440 g/mol. The maximum Gasteiger partial charge on any atom is 0.245 e. The van der Waals surface area contributed by atoms with E-state index in [2.05, 4.69) is 19.2 Å². The predicted molar refractivity (Wildman–Crippen MR) is 132 cm³/mol. The number of carbonyl (C=O) groups excluding carboxylic acids is 3. The molecule has 2 rings (SSSR count). The standard InChI is InChI=1S/C25H39ClN4O3/c1-17(2)13-24(32)30(15-18(3)4)21-10-12-29(16-21)25(33)22(28-23(31)9-11-27)14-19-5-7-20(26)8-6-19/h5-8,17-18,21-22H,9-16,27H2,1-4H3,(H,28,31). The van der Waals surface area contributed by atoms with Crippen molar-refractivity contribution in [1.82, 2.24) is 15.1 Å². The highest BCUT2D eigenvalue weighted by atomic mass is 35.5. The van der Waals surface area contributed by atoms with Gasteiger partial charge in [0.15, 0.2) is 0 Å². The van der Waals surface area contributed by atoms with Crippen LogP contribution in [0.15, 0.2) is 24.3 Å². The molecule has 0 radical (unpaired) electrons. The van der Waals surface area contributed by atoms with Crippen LogP contribution in [-0.4, -0.2) is 65.8 Å². The maximum atomic E-state index is 13.4. The third-order valence-corrected chi connectivity index (χ3v) is 5.99. The highest BCUT2D eigenvalue weighted by Crippen LogP contribution is 2.21. The largest absolute Gasteiger partial charge is 0.344 e. The summed E-state index contributed by atoms with van der Waals surface area (Å²) in [6.07, 6.45) is 1.78. The summed E-state index contributed by atoms with van der Waals surface area (Å²) in [6, 6.07) is 6.58. The fourth-order valence-corrected chi connectivity index (χ4v) is 4.31. The minimum absolute atomic E-state index is 0.00137. The average molecular weight is 479 g/mol. The van der Waals surface area contributed by atoms with Crippen molar-refractivity contribution in [1.29, 1.82) is 0 Å². The molecule has 1 aromatic rings. The van der Waals surface area contributed by atoms with Gasteiger partial charge in [-0.25, -0.2) is 0 Å². The lowest BCUT2D eigenvalue weighted by atomic mass is 10.0. The van der Waals surface area contributed by atoms with E-state index < -0.39 is 6.04 Å². The monoisotopic (exact) mass is 478 g/mol. The molecule has 0 bridgehead atoms. The Kier molecular flexibility index (Phi) is 10.6. The van der Waals surface area contributed by atoms with Gasteiger partial charge in [-0.2, -0.15) is 0 Å². The summed E-state index contributed by atoms with van der Waals surface area (Å²) in [5, 5.41) is 3.48. The molecule has 0 spiro atoms. The molecule has 1 fully saturated rings. The Morgan fingerprint density at radius 1 is 1.15 bits per heavy atom. The number of hydrogen-bond donors (Lipinski definition) is 2. The lowest BCUT2D eigenvalue weighted by Crippen LogP contribution is -2.50. The SMILES string of the molecule is CC(C)CC(=O)N(CC(C)C)C1CCN(C(=O)C(Cc2ccc(Cl)cc2)NC(=O)CCN)C1. The van der Waals surface area contributed by atoms with Gasteiger partial charge in [0.25, 0.3) is 0 Å². The van der Waals surface area contributed by atoms with Crippen molar-refractivity contribution < 1.29 is 14.4 Å². The molecule has 184 valence electrons. The van der Waals surface area contributed by atoms with E-state index in [4.69, 9.17) is 17.3 Å². The van der Waals surface area contributed by atoms with Crippen molar-refractivity contribution in [2.75, 3.05) is 26.2 Å². The van der Waals surface area contributed by atoms with Crippen LogP contribution in [0.4, 0.5) is 0 Å². The van der Waals surface area contributed by atoms with Crippen LogP contribution in [0, 0.1) is 11.8 Å². The molecule has 0 aliphatic carbocycles. The van der Waals surface area contributed by atoms with Crippen molar-refractivity contribution in [3.05, 3.63) is 34.9 Å². The predicted octanol–water partition coefficient (Wildman–Crippen LogP) is 2.85. The van der Waals surface area contributed by atoms with Crippen LogP contribution in [0.5, 0.6) is 0 Å². The van der Waals surface area contributed by atoms with Gasteiger partial charge < -0.3 is 20.9 Å². The van der Waals surface area contributed by atoms with Crippen LogP contribution in [0.3, 0.4) is 0 Å². The summed E-state index contributed by atoms with van der Waals surface area (Å²) in [5.74, 6) is 0.409. The first-order chi connectivity index (χ1) is 15.6. The van der Waals surface area contributed by atoms with Gasteiger partial charge in [-0.05, 0) is 36.0 Å². The third-order valence-electron chi connectivity index (χ3n) is 5.74. The number of amides is 3. The van der Waals surface area contributed by atoms with E-state index in [1.807, 2.05) is 30.9 Å². The van der Waals surface area contributed by atoms with Crippen LogP contribution in [0.1, 0.15) is 52.5 Å². The molecule has 8 heteroatoms. The zero-order valence-electron chi connectivity index (χ0n) is 20.4. The highest BCUT2D eigenvalue weighted by molar-refractivity contribution is 6.30. The van der Waals surface area contributed by atoms with Crippen LogP contribution in [0.25, 0.3) is 0 Å². The van der Waals surface area contributed by atoms with Gasteiger partial charge in [-0.3, -0.25) is 14.4 Å². The number of carbonyl (C=O) groups is 3. The van der Waals surface area contributed by atoms with Crippen LogP contribution >= 0.6 is 11.6 Å². The minimum atomic E-state index is -0.686. The second-order valence-electron chi connectivity index (χ2n) is 9.75. The van der Waals surface area contributed by atoms with E-state index in [1.165, 1.54) is 0 Å². The maximum absolute atomic E-state index is 13.4. The average Bonchev–Trinajstić information content (AvgIpc) is 3.22.